The molecule has 0 radical (unpaired) electrons. The smallest absolute Gasteiger partial charge is 0.202 e. The average molecular weight is 543 g/mol. The molecular formula is C27H30N2O10. The predicted octanol–water partition coefficient (Wildman–Crippen LogP) is 1.29. The third-order valence-electron chi connectivity index (χ3n) is 7.97. The number of ether oxygens (including phenoxy) is 3. The van der Waals surface area contributed by atoms with E-state index < -0.39 is 70.4 Å². The quantitative estimate of drug-likeness (QED) is 0.120. The normalized spacial score (nSPS) is 30.4. The minimum atomic E-state index is -1.85. The summed E-state index contributed by atoms with van der Waals surface area (Å²) in [6, 6.07) is 3.77. The van der Waals surface area contributed by atoms with Crippen molar-refractivity contribution in [2.24, 2.45) is 10.9 Å². The number of fused-ring (bicyclic) bond motifs is 3. The zero-order chi connectivity index (χ0) is 28.4. The third-order valence-corrected chi connectivity index (χ3v) is 7.97. The van der Waals surface area contributed by atoms with E-state index in [2.05, 4.69) is 5.16 Å². The number of hydrogen-bond acceptors (Lipinski definition) is 12. The molecule has 208 valence electrons. The van der Waals surface area contributed by atoms with Gasteiger partial charge in [-0.2, -0.15) is 0 Å². The van der Waals surface area contributed by atoms with E-state index in [9.17, 15) is 35.2 Å². The van der Waals surface area contributed by atoms with Crippen molar-refractivity contribution in [3.8, 4) is 17.2 Å². The summed E-state index contributed by atoms with van der Waals surface area (Å²) in [6.45, 7) is 2.99. The minimum absolute atomic E-state index is 0.00869. The number of ketones is 2. The average Bonchev–Trinajstić information content (AvgIpc) is 2.90. The Morgan fingerprint density at radius 3 is 2.49 bits per heavy atom. The molecule has 2 aromatic rings. The van der Waals surface area contributed by atoms with E-state index in [4.69, 9.17) is 19.9 Å². The highest BCUT2D eigenvalue weighted by Gasteiger charge is 2.49. The molecule has 2 aliphatic carbocycles. The molecule has 0 aromatic heterocycles. The second-order valence-corrected chi connectivity index (χ2v) is 10.3. The number of hydrogen-bond donors (Lipinski definition) is 6. The first-order valence-electron chi connectivity index (χ1n) is 12.5. The maximum absolute atomic E-state index is 13.7. The number of phenolic OH excluding ortho intramolecular Hbond substituents is 2. The van der Waals surface area contributed by atoms with Crippen LogP contribution in [-0.2, 0) is 15.9 Å². The number of benzene rings is 2. The first-order valence-corrected chi connectivity index (χ1v) is 12.5. The summed E-state index contributed by atoms with van der Waals surface area (Å²) in [5.74, 6) is -2.51. The summed E-state index contributed by atoms with van der Waals surface area (Å²) >= 11 is 0. The topological polar surface area (TPSA) is 201 Å². The Balaban J connectivity index is 1.69. The zero-order valence-electron chi connectivity index (χ0n) is 21.5. The van der Waals surface area contributed by atoms with Gasteiger partial charge in [0.25, 0.3) is 0 Å². The van der Waals surface area contributed by atoms with Crippen LogP contribution in [0.25, 0.3) is 0 Å². The van der Waals surface area contributed by atoms with Crippen molar-refractivity contribution in [2.45, 2.75) is 69.4 Å². The van der Waals surface area contributed by atoms with Crippen LogP contribution < -0.4 is 10.5 Å². The van der Waals surface area contributed by atoms with Crippen LogP contribution in [0.5, 0.6) is 17.2 Å². The van der Waals surface area contributed by atoms with Gasteiger partial charge in [-0.1, -0.05) is 17.3 Å². The molecule has 2 aromatic carbocycles. The van der Waals surface area contributed by atoms with Gasteiger partial charge in [-0.15, -0.1) is 0 Å². The lowest BCUT2D eigenvalue weighted by molar-refractivity contribution is -0.245. The molecule has 0 unspecified atom stereocenters. The lowest BCUT2D eigenvalue weighted by atomic mass is 9.72. The van der Waals surface area contributed by atoms with E-state index in [1.54, 1.807) is 6.92 Å². The molecule has 0 spiro atoms. The Morgan fingerprint density at radius 1 is 1.15 bits per heavy atom. The number of methoxy groups -OCH3 is 1. The summed E-state index contributed by atoms with van der Waals surface area (Å²) in [5.41, 5.74) is 3.14. The molecule has 6 atom stereocenters. The van der Waals surface area contributed by atoms with Crippen molar-refractivity contribution >= 4 is 17.3 Å². The summed E-state index contributed by atoms with van der Waals surface area (Å²) in [6.07, 6.45) is -4.34. The summed E-state index contributed by atoms with van der Waals surface area (Å²) in [5, 5.41) is 57.1. The van der Waals surface area contributed by atoms with E-state index >= 15 is 0 Å². The number of nitrogens with zero attached hydrogens (tertiary/aromatic N) is 1. The molecule has 1 heterocycles. The molecule has 12 nitrogen and oxygen atoms in total. The molecule has 1 aliphatic heterocycles. The van der Waals surface area contributed by atoms with Gasteiger partial charge in [-0.05, 0) is 19.9 Å². The molecule has 1 fully saturated rings. The first kappa shape index (κ1) is 27.0. The molecule has 0 bridgehead atoms. The number of rotatable bonds is 4. The lowest BCUT2D eigenvalue weighted by Gasteiger charge is -2.42. The highest BCUT2D eigenvalue weighted by atomic mass is 16.7. The molecular weight excluding hydrogens is 512 g/mol. The van der Waals surface area contributed by atoms with Crippen molar-refractivity contribution in [1.82, 2.24) is 0 Å². The molecule has 39 heavy (non-hydrogen) atoms. The van der Waals surface area contributed by atoms with Crippen LogP contribution >= 0.6 is 0 Å². The number of nitrogens with two attached hydrogens (primary N) is 1. The largest absolute Gasteiger partial charge is 0.507 e. The standard InChI is InChI=1S/C27H30N2O10/c1-10-22(30)14(28)7-17(38-10)39-16-9-27(35,11(2)29-36)8-13-19(16)26(34)21-20(24(13)32)23(31)12-5-4-6-15(37-3)18(12)25(21)33/h4-6,10,14,16-17,22,30,32,34-36H,7-9,28H2,1-3H3/b29-11-/t10-,14-,16+,17+,22-,27+/m1/s1. The van der Waals surface area contributed by atoms with Gasteiger partial charge in [-0.25, -0.2) is 0 Å². The molecule has 7 N–H and O–H groups in total. The van der Waals surface area contributed by atoms with Crippen molar-refractivity contribution in [2.75, 3.05) is 7.11 Å². The Hall–Kier alpha value is -3.55. The van der Waals surface area contributed by atoms with Gasteiger partial charge in [0, 0.05) is 42.0 Å². The van der Waals surface area contributed by atoms with E-state index in [0.29, 0.717) is 0 Å². The molecule has 5 rings (SSSR count). The summed E-state index contributed by atoms with van der Waals surface area (Å²) in [4.78, 5) is 27.2. The van der Waals surface area contributed by atoms with E-state index in [-0.39, 0.29) is 53.0 Å². The van der Waals surface area contributed by atoms with Crippen LogP contribution in [0, 0.1) is 0 Å². The molecule has 12 heteroatoms. The first-order chi connectivity index (χ1) is 18.4. The van der Waals surface area contributed by atoms with Gasteiger partial charge in [-0.3, -0.25) is 9.59 Å². The van der Waals surface area contributed by atoms with E-state index in [0.717, 1.165) is 0 Å². The maximum Gasteiger partial charge on any atom is 0.202 e. The second-order valence-electron chi connectivity index (χ2n) is 10.3. The minimum Gasteiger partial charge on any atom is -0.507 e. The molecule has 0 saturated carbocycles. The van der Waals surface area contributed by atoms with Crippen LogP contribution in [0.4, 0.5) is 0 Å². The van der Waals surface area contributed by atoms with Gasteiger partial charge in [0.2, 0.25) is 5.78 Å². The van der Waals surface area contributed by atoms with Crippen molar-refractivity contribution < 1.29 is 49.4 Å². The zero-order valence-corrected chi connectivity index (χ0v) is 21.5. The molecule has 0 amide bonds. The lowest BCUT2D eigenvalue weighted by Crippen LogP contribution is -2.52. The number of aliphatic hydroxyl groups excluding tert-OH is 1. The predicted molar refractivity (Wildman–Crippen MR) is 135 cm³/mol. The van der Waals surface area contributed by atoms with Crippen LogP contribution in [0.1, 0.15) is 75.8 Å². The molecule has 1 saturated heterocycles. The summed E-state index contributed by atoms with van der Waals surface area (Å²) < 4.78 is 17.2. The van der Waals surface area contributed by atoms with Crippen LogP contribution in [0.2, 0.25) is 0 Å². The number of aromatic hydroxyl groups is 2. The van der Waals surface area contributed by atoms with Crippen LogP contribution in [-0.4, -0.2) is 80.2 Å². The van der Waals surface area contributed by atoms with Gasteiger partial charge >= 0.3 is 0 Å². The fraction of sp³-hybridized carbons (Fsp3) is 0.444. The second kappa shape index (κ2) is 9.57. The SMILES string of the molecule is COc1cccc2c1C(=O)c1c(O)c3c(c(O)c1C2=O)C[C@@](O)(/C(C)=N\O)C[C@@H]3O[C@H]1C[C@@H](N)[C@H](O)[C@@H](C)O1. The van der Waals surface area contributed by atoms with Crippen molar-refractivity contribution in [1.29, 1.82) is 0 Å². The maximum atomic E-state index is 13.7. The van der Waals surface area contributed by atoms with E-state index in [1.165, 1.54) is 32.2 Å². The Morgan fingerprint density at radius 2 is 1.85 bits per heavy atom. The Labute approximate surface area is 223 Å². The van der Waals surface area contributed by atoms with E-state index in [1.807, 2.05) is 0 Å². The van der Waals surface area contributed by atoms with Crippen molar-refractivity contribution in [3.63, 3.8) is 0 Å². The number of carbonyl (C=O) groups excluding carboxylic acids is 2. The summed E-state index contributed by atoms with van der Waals surface area (Å²) in [7, 11) is 1.34. The number of phenols is 2. The van der Waals surface area contributed by atoms with Crippen LogP contribution in [0.3, 0.4) is 0 Å². The number of carbonyl (C=O) groups is 2. The van der Waals surface area contributed by atoms with Crippen molar-refractivity contribution in [3.05, 3.63) is 51.6 Å². The van der Waals surface area contributed by atoms with Gasteiger partial charge in [0.05, 0.1) is 47.8 Å². The monoisotopic (exact) mass is 542 g/mol. The van der Waals surface area contributed by atoms with Gasteiger partial charge in [0.1, 0.15) is 22.8 Å². The Bertz CT molecular complexity index is 1390. The Kier molecular flexibility index (Phi) is 6.64. The highest BCUT2D eigenvalue weighted by Crippen LogP contribution is 2.52. The third kappa shape index (κ3) is 4.07. The van der Waals surface area contributed by atoms with Gasteiger partial charge < -0.3 is 45.6 Å². The van der Waals surface area contributed by atoms with Gasteiger partial charge in [0.15, 0.2) is 12.1 Å². The fourth-order valence-electron chi connectivity index (χ4n) is 5.76. The highest BCUT2D eigenvalue weighted by molar-refractivity contribution is 6.31. The number of oxime groups is 1. The fourth-order valence-corrected chi connectivity index (χ4v) is 5.76. The number of aliphatic hydroxyl groups is 2. The molecule has 3 aliphatic rings. The van der Waals surface area contributed by atoms with Crippen LogP contribution in [0.15, 0.2) is 23.4 Å².